The number of hydrogen-bond acceptors (Lipinski definition) is 5. The molecule has 25 heavy (non-hydrogen) atoms. The summed E-state index contributed by atoms with van der Waals surface area (Å²) in [6, 6.07) is 3.05. The second-order valence-electron chi connectivity index (χ2n) is 6.62. The van der Waals surface area contributed by atoms with Crippen LogP contribution in [0.3, 0.4) is 0 Å². The molecule has 0 saturated heterocycles. The first kappa shape index (κ1) is 19.2. The molecule has 2 aromatic heterocycles. The highest BCUT2D eigenvalue weighted by Crippen LogP contribution is 2.29. The minimum Gasteiger partial charge on any atom is -0.475 e. The Labute approximate surface area is 143 Å². The van der Waals surface area contributed by atoms with Crippen molar-refractivity contribution in [3.63, 3.8) is 0 Å². The first-order valence-corrected chi connectivity index (χ1v) is 7.69. The van der Waals surface area contributed by atoms with Crippen molar-refractivity contribution in [3.8, 4) is 17.3 Å². The Morgan fingerprint density at radius 3 is 2.44 bits per heavy atom. The average molecular weight is 358 g/mol. The number of pyridine rings is 1. The second-order valence-corrected chi connectivity index (χ2v) is 6.62. The van der Waals surface area contributed by atoms with Gasteiger partial charge in [-0.05, 0) is 26.8 Å². The van der Waals surface area contributed by atoms with Crippen LogP contribution < -0.4 is 10.1 Å². The number of H-pyrrole nitrogens is 1. The van der Waals surface area contributed by atoms with Crippen molar-refractivity contribution in [2.75, 3.05) is 13.2 Å². The molecular weight excluding hydrogens is 337 g/mol. The molecule has 0 fully saturated rings. The van der Waals surface area contributed by atoms with E-state index in [1.807, 2.05) is 20.8 Å². The van der Waals surface area contributed by atoms with Crippen LogP contribution in [0.2, 0.25) is 0 Å². The largest absolute Gasteiger partial charge is 0.475 e. The summed E-state index contributed by atoms with van der Waals surface area (Å²) in [5.41, 5.74) is -0.630. The SMILES string of the molecule is CC(C)(C)NC[C@H](O)COc1ccc(-c2ncc(C(F)(F)F)[nH]2)cn1. The van der Waals surface area contributed by atoms with E-state index in [9.17, 15) is 18.3 Å². The molecule has 2 aromatic rings. The van der Waals surface area contributed by atoms with Gasteiger partial charge in [0.25, 0.3) is 0 Å². The zero-order chi connectivity index (χ0) is 18.7. The molecule has 0 unspecified atom stereocenters. The molecule has 138 valence electrons. The fraction of sp³-hybridized carbons (Fsp3) is 0.500. The third-order valence-electron chi connectivity index (χ3n) is 3.18. The van der Waals surface area contributed by atoms with Gasteiger partial charge >= 0.3 is 6.18 Å². The zero-order valence-electron chi connectivity index (χ0n) is 14.2. The van der Waals surface area contributed by atoms with Gasteiger partial charge in [0, 0.05) is 29.9 Å². The minimum atomic E-state index is -4.47. The predicted octanol–water partition coefficient (Wildman–Crippen LogP) is 2.62. The highest BCUT2D eigenvalue weighted by molar-refractivity contribution is 5.54. The van der Waals surface area contributed by atoms with Crippen LogP contribution >= 0.6 is 0 Å². The molecule has 3 N–H and O–H groups in total. The quantitative estimate of drug-likeness (QED) is 0.739. The molecule has 2 rings (SSSR count). The molecule has 0 bridgehead atoms. The van der Waals surface area contributed by atoms with Gasteiger partial charge in [-0.15, -0.1) is 0 Å². The zero-order valence-corrected chi connectivity index (χ0v) is 14.2. The van der Waals surface area contributed by atoms with Gasteiger partial charge in [-0.1, -0.05) is 0 Å². The van der Waals surface area contributed by atoms with E-state index < -0.39 is 18.0 Å². The Bertz CT molecular complexity index is 678. The van der Waals surface area contributed by atoms with Crippen molar-refractivity contribution in [2.45, 2.75) is 38.6 Å². The lowest BCUT2D eigenvalue weighted by Gasteiger charge is -2.22. The van der Waals surface area contributed by atoms with E-state index in [0.29, 0.717) is 12.1 Å². The number of ether oxygens (including phenoxy) is 1. The summed E-state index contributed by atoms with van der Waals surface area (Å²) < 4.78 is 43.0. The molecule has 0 spiro atoms. The van der Waals surface area contributed by atoms with Gasteiger partial charge in [-0.2, -0.15) is 13.2 Å². The van der Waals surface area contributed by atoms with Crippen molar-refractivity contribution in [1.29, 1.82) is 0 Å². The van der Waals surface area contributed by atoms with E-state index in [2.05, 4.69) is 20.3 Å². The van der Waals surface area contributed by atoms with Gasteiger partial charge in [0.15, 0.2) is 0 Å². The number of hydrogen-bond donors (Lipinski definition) is 3. The van der Waals surface area contributed by atoms with Crippen molar-refractivity contribution in [1.82, 2.24) is 20.3 Å². The van der Waals surface area contributed by atoms with Crippen molar-refractivity contribution < 1.29 is 23.0 Å². The van der Waals surface area contributed by atoms with E-state index in [1.165, 1.54) is 12.3 Å². The van der Waals surface area contributed by atoms with Crippen LogP contribution in [0.4, 0.5) is 13.2 Å². The first-order valence-electron chi connectivity index (χ1n) is 7.69. The van der Waals surface area contributed by atoms with Crippen LogP contribution in [0.25, 0.3) is 11.4 Å². The molecule has 0 radical (unpaired) electrons. The van der Waals surface area contributed by atoms with Gasteiger partial charge < -0.3 is 20.1 Å². The van der Waals surface area contributed by atoms with Crippen LogP contribution in [0.1, 0.15) is 26.5 Å². The van der Waals surface area contributed by atoms with Crippen molar-refractivity contribution in [3.05, 3.63) is 30.2 Å². The van der Waals surface area contributed by atoms with Gasteiger partial charge in [-0.25, -0.2) is 9.97 Å². The normalized spacial score (nSPS) is 13.7. The highest BCUT2D eigenvalue weighted by Gasteiger charge is 2.33. The topological polar surface area (TPSA) is 83.1 Å². The molecule has 0 aromatic carbocycles. The number of aliphatic hydroxyl groups is 1. The Kier molecular flexibility index (Phi) is 5.69. The third kappa shape index (κ3) is 6.02. The molecule has 0 aliphatic carbocycles. The Hall–Kier alpha value is -2.13. The molecule has 0 aliphatic heterocycles. The van der Waals surface area contributed by atoms with Crippen molar-refractivity contribution in [2.24, 2.45) is 0 Å². The van der Waals surface area contributed by atoms with Crippen molar-refractivity contribution >= 4 is 0 Å². The lowest BCUT2D eigenvalue weighted by atomic mass is 10.1. The van der Waals surface area contributed by atoms with Crippen LogP contribution in [-0.4, -0.2) is 44.9 Å². The van der Waals surface area contributed by atoms with E-state index in [4.69, 9.17) is 4.74 Å². The Morgan fingerprint density at radius 2 is 1.92 bits per heavy atom. The maximum absolute atomic E-state index is 12.6. The number of β-amino-alcohol motifs (C(OH)–C–C–N with tert-alkyl or cyclic N) is 1. The number of halogens is 3. The van der Waals surface area contributed by atoms with E-state index >= 15 is 0 Å². The summed E-state index contributed by atoms with van der Waals surface area (Å²) in [6.45, 7) is 6.38. The standard InChI is InChI=1S/C16H21F3N4O2/c1-15(2,3)22-7-11(24)9-25-13-5-4-10(6-20-13)14-21-8-12(23-14)16(17,18)19/h4-6,8,11,22,24H,7,9H2,1-3H3,(H,21,23)/t11-/m0/s1. The van der Waals surface area contributed by atoms with Crippen LogP contribution in [0.5, 0.6) is 5.88 Å². The van der Waals surface area contributed by atoms with Gasteiger partial charge in [0.2, 0.25) is 5.88 Å². The number of alkyl halides is 3. The molecule has 0 aliphatic rings. The minimum absolute atomic E-state index is 0.0500. The van der Waals surface area contributed by atoms with Crippen LogP contribution in [0, 0.1) is 0 Å². The predicted molar refractivity (Wildman–Crippen MR) is 86.1 cm³/mol. The van der Waals surface area contributed by atoms with Crippen LogP contribution in [0.15, 0.2) is 24.5 Å². The number of aromatic amines is 1. The average Bonchev–Trinajstić information content (AvgIpc) is 3.01. The summed E-state index contributed by atoms with van der Waals surface area (Å²) in [5, 5.41) is 13.0. The molecule has 1 atom stereocenters. The summed E-state index contributed by atoms with van der Waals surface area (Å²) >= 11 is 0. The molecule has 0 amide bonds. The van der Waals surface area contributed by atoms with Gasteiger partial charge in [0.05, 0.1) is 6.20 Å². The van der Waals surface area contributed by atoms with Crippen LogP contribution in [-0.2, 0) is 6.18 Å². The number of nitrogens with zero attached hydrogens (tertiary/aromatic N) is 2. The lowest BCUT2D eigenvalue weighted by molar-refractivity contribution is -0.140. The number of rotatable bonds is 6. The summed E-state index contributed by atoms with van der Waals surface area (Å²) in [5.74, 6) is 0.335. The Balaban J connectivity index is 1.91. The number of nitrogens with one attached hydrogen (secondary N) is 2. The maximum Gasteiger partial charge on any atom is 0.432 e. The van der Waals surface area contributed by atoms with Gasteiger partial charge in [-0.3, -0.25) is 0 Å². The summed E-state index contributed by atoms with van der Waals surface area (Å²) in [6.07, 6.45) is -3.09. The van der Waals surface area contributed by atoms with Gasteiger partial charge in [0.1, 0.15) is 24.2 Å². The summed E-state index contributed by atoms with van der Waals surface area (Å²) in [7, 11) is 0. The van der Waals surface area contributed by atoms with E-state index in [1.54, 1.807) is 6.07 Å². The monoisotopic (exact) mass is 358 g/mol. The molecule has 9 heteroatoms. The summed E-state index contributed by atoms with van der Waals surface area (Å²) in [4.78, 5) is 9.92. The highest BCUT2D eigenvalue weighted by atomic mass is 19.4. The molecular formula is C16H21F3N4O2. The van der Waals surface area contributed by atoms with E-state index in [0.717, 1.165) is 6.20 Å². The number of imidazole rings is 1. The van der Waals surface area contributed by atoms with E-state index in [-0.39, 0.29) is 23.9 Å². The fourth-order valence-electron chi connectivity index (χ4n) is 1.88. The number of aliphatic hydroxyl groups excluding tert-OH is 1. The number of aromatic nitrogens is 3. The fourth-order valence-corrected chi connectivity index (χ4v) is 1.88. The lowest BCUT2D eigenvalue weighted by Crippen LogP contribution is -2.42. The third-order valence-corrected chi connectivity index (χ3v) is 3.18. The second kappa shape index (κ2) is 7.40. The molecule has 0 saturated carbocycles. The Morgan fingerprint density at radius 1 is 1.20 bits per heavy atom. The maximum atomic E-state index is 12.6. The smallest absolute Gasteiger partial charge is 0.432 e. The molecule has 2 heterocycles. The first-order chi connectivity index (χ1) is 11.5. The molecule has 6 nitrogen and oxygen atoms in total.